The number of aliphatic hydroxyl groups is 1. The number of rotatable bonds is 7. The molecule has 33 heavy (non-hydrogen) atoms. The quantitative estimate of drug-likeness (QED) is 0.401. The third-order valence-corrected chi connectivity index (χ3v) is 5.20. The van der Waals surface area contributed by atoms with E-state index in [1.165, 1.54) is 6.20 Å². The van der Waals surface area contributed by atoms with Crippen molar-refractivity contribution in [2.24, 2.45) is 0 Å². The second-order valence-electron chi connectivity index (χ2n) is 7.35. The fourth-order valence-corrected chi connectivity index (χ4v) is 3.50. The molecule has 0 bridgehead atoms. The normalized spacial score (nSPS) is 12.8. The topological polar surface area (TPSA) is 119 Å². The molecule has 0 radical (unpaired) electrons. The van der Waals surface area contributed by atoms with Crippen LogP contribution in [0.3, 0.4) is 0 Å². The lowest BCUT2D eigenvalue weighted by molar-refractivity contribution is 0.00652. The highest BCUT2D eigenvalue weighted by Gasteiger charge is 2.27. The Morgan fingerprint density at radius 1 is 1.15 bits per heavy atom. The van der Waals surface area contributed by atoms with Crippen molar-refractivity contribution in [3.8, 4) is 22.5 Å². The molecule has 168 valence electrons. The number of benzene rings is 2. The van der Waals surface area contributed by atoms with E-state index in [4.69, 9.17) is 5.73 Å². The summed E-state index contributed by atoms with van der Waals surface area (Å²) in [5.74, 6) is -0.387. The average Bonchev–Trinajstić information content (AvgIpc) is 3.32. The maximum atomic E-state index is 14.4. The first kappa shape index (κ1) is 22.1. The number of aryl methyl sites for hydroxylation is 1. The monoisotopic (exact) mass is 446 g/mol. The molecule has 0 fully saturated rings. The molecule has 4 aromatic rings. The van der Waals surface area contributed by atoms with Crippen LogP contribution in [0.1, 0.15) is 28.9 Å². The Morgan fingerprint density at radius 2 is 1.88 bits per heavy atom. The van der Waals surface area contributed by atoms with Gasteiger partial charge in [0.2, 0.25) is 6.36 Å². The van der Waals surface area contributed by atoms with Crippen molar-refractivity contribution in [1.29, 1.82) is 0 Å². The highest BCUT2D eigenvalue weighted by Crippen LogP contribution is 2.33. The van der Waals surface area contributed by atoms with Crippen LogP contribution in [0.15, 0.2) is 73.2 Å². The van der Waals surface area contributed by atoms with Crippen LogP contribution in [0.5, 0.6) is 0 Å². The van der Waals surface area contributed by atoms with Crippen molar-refractivity contribution in [1.82, 2.24) is 25.1 Å². The van der Waals surface area contributed by atoms with Crippen molar-refractivity contribution in [3.63, 3.8) is 0 Å². The Morgan fingerprint density at radius 3 is 2.58 bits per heavy atom. The number of nitrogens with one attached hydrogen (secondary N) is 1. The maximum Gasteiger partial charge on any atom is 0.251 e. The van der Waals surface area contributed by atoms with Crippen LogP contribution in [0.4, 0.5) is 10.2 Å². The lowest BCUT2D eigenvalue weighted by atomic mass is 9.97. The van der Waals surface area contributed by atoms with Crippen LogP contribution >= 0.6 is 0 Å². The number of nitrogen functional groups attached to an aromatic ring is 1. The summed E-state index contributed by atoms with van der Waals surface area (Å²) in [6, 6.07) is 13.8. The molecule has 4 rings (SSSR count). The van der Waals surface area contributed by atoms with E-state index >= 15 is 0 Å². The van der Waals surface area contributed by atoms with E-state index in [-0.39, 0.29) is 5.82 Å². The largest absolute Gasteiger partial charge is 0.382 e. The van der Waals surface area contributed by atoms with Gasteiger partial charge in [-0.2, -0.15) is 5.10 Å². The number of hydrogen-bond acceptors (Lipinski definition) is 6. The maximum absolute atomic E-state index is 14.4. The zero-order valence-corrected chi connectivity index (χ0v) is 17.9. The first-order valence-electron chi connectivity index (χ1n) is 10.4. The fourth-order valence-electron chi connectivity index (χ4n) is 3.50. The standard InChI is InChI=1S/C24H23FN6O2/c1-2-31-14-16(12-28-31)19-13-27-23(26)21(29-19)18-11-7-6-10-17(18)20(22(25)32)30-24(33)15-8-4-3-5-9-15/h3-14,20,22,32H,2H2,1H3,(H2,26,27)(H,30,33)/t20-,22+/m0/s1. The van der Waals surface area contributed by atoms with Gasteiger partial charge < -0.3 is 16.2 Å². The number of alkyl halides is 1. The van der Waals surface area contributed by atoms with Gasteiger partial charge in [-0.25, -0.2) is 14.4 Å². The molecule has 2 aromatic heterocycles. The predicted octanol–water partition coefficient (Wildman–Crippen LogP) is 3.37. The molecule has 0 aliphatic heterocycles. The molecule has 0 spiro atoms. The minimum atomic E-state index is -2.36. The van der Waals surface area contributed by atoms with Crippen molar-refractivity contribution in [2.75, 3.05) is 5.73 Å². The lowest BCUT2D eigenvalue weighted by Gasteiger charge is -2.22. The molecule has 0 saturated heterocycles. The number of carbonyl (C=O) groups excluding carboxylic acids is 1. The van der Waals surface area contributed by atoms with Crippen molar-refractivity contribution in [2.45, 2.75) is 25.9 Å². The molecule has 0 aliphatic rings. The second kappa shape index (κ2) is 9.58. The Balaban J connectivity index is 1.74. The van der Waals surface area contributed by atoms with Gasteiger partial charge in [-0.05, 0) is 24.6 Å². The predicted molar refractivity (Wildman–Crippen MR) is 123 cm³/mol. The minimum absolute atomic E-state index is 0.135. The van der Waals surface area contributed by atoms with Crippen LogP contribution in [0.2, 0.25) is 0 Å². The Kier molecular flexibility index (Phi) is 6.41. The summed E-state index contributed by atoms with van der Waals surface area (Å²) in [4.78, 5) is 21.6. The van der Waals surface area contributed by atoms with Gasteiger partial charge in [-0.3, -0.25) is 9.48 Å². The number of nitrogens with two attached hydrogens (primary N) is 1. The van der Waals surface area contributed by atoms with Crippen LogP contribution < -0.4 is 11.1 Å². The van der Waals surface area contributed by atoms with E-state index in [1.807, 2.05) is 13.1 Å². The van der Waals surface area contributed by atoms with E-state index in [0.717, 1.165) is 5.56 Å². The number of aliphatic hydroxyl groups excluding tert-OH is 1. The summed E-state index contributed by atoms with van der Waals surface area (Å²) in [7, 11) is 0. The number of nitrogens with zero attached hydrogens (tertiary/aromatic N) is 4. The summed E-state index contributed by atoms with van der Waals surface area (Å²) in [5, 5.41) is 16.7. The van der Waals surface area contributed by atoms with Gasteiger partial charge in [0, 0.05) is 29.4 Å². The van der Waals surface area contributed by atoms with Gasteiger partial charge in [-0.15, -0.1) is 0 Å². The van der Waals surface area contributed by atoms with Gasteiger partial charge in [0.05, 0.1) is 18.1 Å². The van der Waals surface area contributed by atoms with Gasteiger partial charge in [0.25, 0.3) is 5.91 Å². The van der Waals surface area contributed by atoms with Crippen molar-refractivity contribution in [3.05, 3.63) is 84.3 Å². The van der Waals surface area contributed by atoms with E-state index < -0.39 is 18.3 Å². The molecular formula is C24H23FN6O2. The van der Waals surface area contributed by atoms with Crippen molar-refractivity contribution < 1.29 is 14.3 Å². The molecule has 0 unspecified atom stereocenters. The van der Waals surface area contributed by atoms with E-state index in [1.54, 1.807) is 65.5 Å². The summed E-state index contributed by atoms with van der Waals surface area (Å²) in [5.41, 5.74) is 8.84. The number of halogens is 1. The third-order valence-electron chi connectivity index (χ3n) is 5.20. The highest BCUT2D eigenvalue weighted by molar-refractivity contribution is 5.94. The van der Waals surface area contributed by atoms with Crippen LogP contribution in [-0.4, -0.2) is 37.1 Å². The van der Waals surface area contributed by atoms with Gasteiger partial charge >= 0.3 is 0 Å². The summed E-state index contributed by atoms with van der Waals surface area (Å²) >= 11 is 0. The molecule has 2 heterocycles. The minimum Gasteiger partial charge on any atom is -0.382 e. The molecule has 8 nitrogen and oxygen atoms in total. The molecular weight excluding hydrogens is 423 g/mol. The van der Waals surface area contributed by atoms with Crippen LogP contribution in [0.25, 0.3) is 22.5 Å². The molecule has 0 saturated carbocycles. The highest BCUT2D eigenvalue weighted by atomic mass is 19.1. The van der Waals surface area contributed by atoms with Gasteiger partial charge in [-0.1, -0.05) is 42.5 Å². The molecule has 4 N–H and O–H groups in total. The molecule has 2 atom stereocenters. The smallest absolute Gasteiger partial charge is 0.251 e. The summed E-state index contributed by atoms with van der Waals surface area (Å²) in [6.45, 7) is 2.68. The van der Waals surface area contributed by atoms with E-state index in [2.05, 4.69) is 20.4 Å². The van der Waals surface area contributed by atoms with Crippen molar-refractivity contribution >= 4 is 11.7 Å². The van der Waals surface area contributed by atoms with Crippen LogP contribution in [-0.2, 0) is 6.54 Å². The molecule has 2 aromatic carbocycles. The Labute approximate surface area is 189 Å². The number of anilines is 1. The SMILES string of the molecule is CCn1cc(-c2cnc(N)c(-c3ccccc3[C@H](NC(=O)c3ccccc3)[C@@H](O)F)n2)cn1. The van der Waals surface area contributed by atoms with Gasteiger partial charge in [0.15, 0.2) is 0 Å². The Bertz CT molecular complexity index is 1260. The molecule has 0 aliphatic carbocycles. The summed E-state index contributed by atoms with van der Waals surface area (Å²) in [6.07, 6.45) is 2.69. The fraction of sp³-hybridized carbons (Fsp3) is 0.167. The van der Waals surface area contributed by atoms with E-state index in [0.29, 0.717) is 34.6 Å². The first-order valence-corrected chi connectivity index (χ1v) is 10.4. The Hall–Kier alpha value is -4.11. The zero-order chi connectivity index (χ0) is 23.4. The number of hydrogen-bond donors (Lipinski definition) is 3. The average molecular weight is 446 g/mol. The zero-order valence-electron chi connectivity index (χ0n) is 17.9. The first-order chi connectivity index (χ1) is 16.0. The third kappa shape index (κ3) is 4.73. The van der Waals surface area contributed by atoms with E-state index in [9.17, 15) is 14.3 Å². The molecule has 1 amide bonds. The second-order valence-corrected chi connectivity index (χ2v) is 7.35. The van der Waals surface area contributed by atoms with Gasteiger partial charge in [0.1, 0.15) is 17.6 Å². The summed E-state index contributed by atoms with van der Waals surface area (Å²) < 4.78 is 16.1. The van der Waals surface area contributed by atoms with Crippen LogP contribution in [0, 0.1) is 0 Å². The molecule has 9 heteroatoms. The lowest BCUT2D eigenvalue weighted by Crippen LogP contribution is -2.34. The number of aromatic nitrogens is 4. The number of carbonyl (C=O) groups is 1. The number of amides is 1.